The molecule has 0 fully saturated rings. The molecule has 0 aliphatic carbocycles. The number of hydrogen-bond acceptors (Lipinski definition) is 2. The van der Waals surface area contributed by atoms with Gasteiger partial charge in [0.1, 0.15) is 5.75 Å². The van der Waals surface area contributed by atoms with Crippen LogP contribution < -0.4 is 4.74 Å². The van der Waals surface area contributed by atoms with Crippen molar-refractivity contribution in [2.24, 2.45) is 0 Å². The molecule has 0 aromatic heterocycles. The zero-order valence-electron chi connectivity index (χ0n) is 11.4. The van der Waals surface area contributed by atoms with E-state index in [2.05, 4.69) is 29.8 Å². The first-order chi connectivity index (χ1) is 9.49. The van der Waals surface area contributed by atoms with Gasteiger partial charge in [-0.1, -0.05) is 41.9 Å². The number of benzene rings is 2. The molecule has 0 unspecified atom stereocenters. The van der Waals surface area contributed by atoms with E-state index >= 15 is 0 Å². The van der Waals surface area contributed by atoms with Crippen molar-refractivity contribution in [1.82, 2.24) is 0 Å². The van der Waals surface area contributed by atoms with Gasteiger partial charge in [-0.3, -0.25) is 4.79 Å². The SMILES string of the molecule is CC1(C)COc2ccc(C(=O)c3ccccc3Br)cc21. The van der Waals surface area contributed by atoms with E-state index in [1.165, 1.54) is 0 Å². The Kier molecular flexibility index (Phi) is 3.17. The fourth-order valence-corrected chi connectivity index (χ4v) is 2.93. The molecule has 3 rings (SSSR count). The summed E-state index contributed by atoms with van der Waals surface area (Å²) in [6.45, 7) is 4.92. The summed E-state index contributed by atoms with van der Waals surface area (Å²) in [4.78, 5) is 12.6. The van der Waals surface area contributed by atoms with Crippen molar-refractivity contribution < 1.29 is 9.53 Å². The van der Waals surface area contributed by atoms with Gasteiger partial charge < -0.3 is 4.74 Å². The number of fused-ring (bicyclic) bond motifs is 1. The van der Waals surface area contributed by atoms with Gasteiger partial charge in [0.15, 0.2) is 5.78 Å². The Balaban J connectivity index is 2.05. The van der Waals surface area contributed by atoms with Crippen LogP contribution in [0.15, 0.2) is 46.9 Å². The highest BCUT2D eigenvalue weighted by atomic mass is 79.9. The molecule has 1 heterocycles. The zero-order chi connectivity index (χ0) is 14.3. The van der Waals surface area contributed by atoms with Gasteiger partial charge in [0.25, 0.3) is 0 Å². The fraction of sp³-hybridized carbons (Fsp3) is 0.235. The molecule has 2 aromatic rings. The molecular formula is C17H15BrO2. The van der Waals surface area contributed by atoms with Gasteiger partial charge in [-0.2, -0.15) is 0 Å². The number of ketones is 1. The number of halogens is 1. The number of carbonyl (C=O) groups is 1. The van der Waals surface area contributed by atoms with Crippen molar-refractivity contribution in [1.29, 1.82) is 0 Å². The Hall–Kier alpha value is -1.61. The van der Waals surface area contributed by atoms with E-state index in [9.17, 15) is 4.79 Å². The minimum absolute atomic E-state index is 0.0305. The largest absolute Gasteiger partial charge is 0.492 e. The average molecular weight is 331 g/mol. The summed E-state index contributed by atoms with van der Waals surface area (Å²) in [6, 6.07) is 13.2. The van der Waals surface area contributed by atoms with Gasteiger partial charge in [-0.05, 0) is 30.3 Å². The van der Waals surface area contributed by atoms with Crippen LogP contribution >= 0.6 is 15.9 Å². The lowest BCUT2D eigenvalue weighted by Crippen LogP contribution is -2.18. The van der Waals surface area contributed by atoms with Crippen LogP contribution in [0.25, 0.3) is 0 Å². The number of hydrogen-bond donors (Lipinski definition) is 0. The minimum Gasteiger partial charge on any atom is -0.492 e. The molecule has 0 bridgehead atoms. The monoisotopic (exact) mass is 330 g/mol. The first-order valence-corrected chi connectivity index (χ1v) is 7.35. The molecular weight excluding hydrogens is 316 g/mol. The topological polar surface area (TPSA) is 26.3 Å². The second kappa shape index (κ2) is 4.74. The number of ether oxygens (including phenoxy) is 1. The molecule has 0 amide bonds. The number of carbonyl (C=O) groups excluding carboxylic acids is 1. The lowest BCUT2D eigenvalue weighted by atomic mass is 9.85. The van der Waals surface area contributed by atoms with Crippen molar-refractivity contribution in [3.63, 3.8) is 0 Å². The molecule has 2 nitrogen and oxygen atoms in total. The summed E-state index contributed by atoms with van der Waals surface area (Å²) in [7, 11) is 0. The lowest BCUT2D eigenvalue weighted by molar-refractivity contribution is 0.103. The van der Waals surface area contributed by atoms with Gasteiger partial charge in [0.2, 0.25) is 0 Å². The van der Waals surface area contributed by atoms with E-state index in [1.807, 2.05) is 42.5 Å². The smallest absolute Gasteiger partial charge is 0.194 e. The molecule has 0 atom stereocenters. The Morgan fingerprint density at radius 2 is 1.95 bits per heavy atom. The van der Waals surface area contributed by atoms with Crippen LogP contribution in [0.4, 0.5) is 0 Å². The maximum atomic E-state index is 12.6. The van der Waals surface area contributed by atoms with Gasteiger partial charge >= 0.3 is 0 Å². The van der Waals surface area contributed by atoms with Gasteiger partial charge in [-0.15, -0.1) is 0 Å². The molecule has 102 valence electrons. The van der Waals surface area contributed by atoms with Crippen LogP contribution in [0, 0.1) is 0 Å². The normalized spacial score (nSPS) is 15.6. The van der Waals surface area contributed by atoms with E-state index in [1.54, 1.807) is 0 Å². The van der Waals surface area contributed by atoms with Crippen LogP contribution in [0.3, 0.4) is 0 Å². The van der Waals surface area contributed by atoms with Crippen LogP contribution in [-0.2, 0) is 5.41 Å². The first-order valence-electron chi connectivity index (χ1n) is 6.55. The summed E-state index contributed by atoms with van der Waals surface area (Å²) in [5.74, 6) is 0.918. The maximum Gasteiger partial charge on any atom is 0.194 e. The Morgan fingerprint density at radius 1 is 1.20 bits per heavy atom. The highest BCUT2D eigenvalue weighted by Gasteiger charge is 2.32. The van der Waals surface area contributed by atoms with E-state index < -0.39 is 0 Å². The predicted octanol–water partition coefficient (Wildman–Crippen LogP) is 4.35. The zero-order valence-corrected chi connectivity index (χ0v) is 13.0. The molecule has 0 N–H and O–H groups in total. The second-order valence-corrected chi connectivity index (χ2v) is 6.55. The second-order valence-electron chi connectivity index (χ2n) is 5.69. The quantitative estimate of drug-likeness (QED) is 0.765. The molecule has 1 aliphatic rings. The molecule has 0 saturated carbocycles. The maximum absolute atomic E-state index is 12.6. The van der Waals surface area contributed by atoms with Crippen LogP contribution in [0.5, 0.6) is 5.75 Å². The summed E-state index contributed by atoms with van der Waals surface area (Å²) < 4.78 is 6.48. The average Bonchev–Trinajstić information content (AvgIpc) is 2.74. The van der Waals surface area contributed by atoms with Gasteiger partial charge in [0, 0.05) is 26.6 Å². The van der Waals surface area contributed by atoms with E-state index in [0.717, 1.165) is 15.8 Å². The Morgan fingerprint density at radius 3 is 2.70 bits per heavy atom. The molecule has 3 heteroatoms. The van der Waals surface area contributed by atoms with Crippen LogP contribution in [-0.4, -0.2) is 12.4 Å². The van der Waals surface area contributed by atoms with Gasteiger partial charge in [-0.25, -0.2) is 0 Å². The summed E-state index contributed by atoms with van der Waals surface area (Å²) in [5.41, 5.74) is 2.45. The lowest BCUT2D eigenvalue weighted by Gasteiger charge is -2.15. The van der Waals surface area contributed by atoms with Crippen molar-refractivity contribution in [3.8, 4) is 5.75 Å². The first kappa shape index (κ1) is 13.4. The van der Waals surface area contributed by atoms with Crippen LogP contribution in [0.2, 0.25) is 0 Å². The van der Waals surface area contributed by atoms with Crippen molar-refractivity contribution in [2.75, 3.05) is 6.61 Å². The third-order valence-electron chi connectivity index (χ3n) is 3.68. The molecule has 0 spiro atoms. The van der Waals surface area contributed by atoms with E-state index in [-0.39, 0.29) is 11.2 Å². The van der Waals surface area contributed by atoms with Crippen LogP contribution in [0.1, 0.15) is 35.3 Å². The van der Waals surface area contributed by atoms with Gasteiger partial charge in [0.05, 0.1) is 6.61 Å². The standard InChI is InChI=1S/C17H15BrO2/c1-17(2)10-20-15-8-7-11(9-13(15)17)16(19)12-5-3-4-6-14(12)18/h3-9H,10H2,1-2H3. The Labute approximate surface area is 126 Å². The molecule has 0 saturated heterocycles. The highest BCUT2D eigenvalue weighted by molar-refractivity contribution is 9.10. The van der Waals surface area contributed by atoms with E-state index in [4.69, 9.17) is 4.74 Å². The van der Waals surface area contributed by atoms with E-state index in [0.29, 0.717) is 17.7 Å². The molecule has 0 radical (unpaired) electrons. The number of rotatable bonds is 2. The van der Waals surface area contributed by atoms with Crippen molar-refractivity contribution in [2.45, 2.75) is 19.3 Å². The third-order valence-corrected chi connectivity index (χ3v) is 4.37. The summed E-state index contributed by atoms with van der Waals surface area (Å²) in [5, 5.41) is 0. The van der Waals surface area contributed by atoms with Crippen molar-refractivity contribution in [3.05, 3.63) is 63.6 Å². The fourth-order valence-electron chi connectivity index (χ4n) is 2.46. The third kappa shape index (κ3) is 2.16. The summed E-state index contributed by atoms with van der Waals surface area (Å²) in [6.07, 6.45) is 0. The molecule has 1 aliphatic heterocycles. The Bertz CT molecular complexity index is 689. The van der Waals surface area contributed by atoms with Crippen molar-refractivity contribution >= 4 is 21.7 Å². The summed E-state index contributed by atoms with van der Waals surface area (Å²) >= 11 is 3.43. The highest BCUT2D eigenvalue weighted by Crippen LogP contribution is 2.39. The molecule has 2 aromatic carbocycles. The predicted molar refractivity (Wildman–Crippen MR) is 82.5 cm³/mol. The molecule has 20 heavy (non-hydrogen) atoms. The minimum atomic E-state index is -0.0421.